The predicted octanol–water partition coefficient (Wildman–Crippen LogP) is 3.06. The number of pyridine rings is 1. The standard InChI is InChI=1S/C18H21N3OS/c1-15(16-4-2-8-19-14-16)20-9-11-21(12-10-20)18(22)7-6-17-5-3-13-23-17/h2-8,13-15H,9-12H2,1H3. The zero-order valence-electron chi connectivity index (χ0n) is 13.3. The van der Waals surface area contributed by atoms with Crippen LogP contribution < -0.4 is 0 Å². The third kappa shape index (κ3) is 4.06. The number of amides is 1. The van der Waals surface area contributed by atoms with Crippen molar-refractivity contribution in [1.29, 1.82) is 0 Å². The molecule has 0 spiro atoms. The smallest absolute Gasteiger partial charge is 0.246 e. The Morgan fingerprint density at radius 3 is 2.74 bits per heavy atom. The van der Waals surface area contributed by atoms with Gasteiger partial charge in [-0.2, -0.15) is 0 Å². The first kappa shape index (κ1) is 15.9. The molecule has 0 saturated carbocycles. The molecule has 0 aliphatic carbocycles. The first-order valence-electron chi connectivity index (χ1n) is 7.88. The first-order chi connectivity index (χ1) is 11.2. The summed E-state index contributed by atoms with van der Waals surface area (Å²) in [6.07, 6.45) is 7.31. The quantitative estimate of drug-likeness (QED) is 0.810. The van der Waals surface area contributed by atoms with E-state index in [0.717, 1.165) is 31.1 Å². The molecule has 2 aromatic rings. The third-order valence-electron chi connectivity index (χ3n) is 4.27. The van der Waals surface area contributed by atoms with E-state index in [1.54, 1.807) is 23.6 Å². The molecule has 23 heavy (non-hydrogen) atoms. The molecule has 0 N–H and O–H groups in total. The van der Waals surface area contributed by atoms with E-state index in [1.165, 1.54) is 5.56 Å². The number of hydrogen-bond acceptors (Lipinski definition) is 4. The van der Waals surface area contributed by atoms with Crippen LogP contribution in [0.15, 0.2) is 48.1 Å². The Hall–Kier alpha value is -1.98. The minimum Gasteiger partial charge on any atom is -0.337 e. The lowest BCUT2D eigenvalue weighted by Crippen LogP contribution is -2.48. The van der Waals surface area contributed by atoms with E-state index >= 15 is 0 Å². The molecule has 1 fully saturated rings. The Bertz CT molecular complexity index is 646. The fourth-order valence-corrected chi connectivity index (χ4v) is 3.43. The minimum absolute atomic E-state index is 0.104. The van der Waals surface area contributed by atoms with E-state index in [9.17, 15) is 4.79 Å². The number of carbonyl (C=O) groups is 1. The lowest BCUT2D eigenvalue weighted by molar-refractivity contribution is -0.127. The normalized spacial score (nSPS) is 17.5. The topological polar surface area (TPSA) is 36.4 Å². The summed E-state index contributed by atoms with van der Waals surface area (Å²) in [5.74, 6) is 0.104. The molecule has 0 radical (unpaired) electrons. The van der Waals surface area contributed by atoms with Gasteiger partial charge in [-0.1, -0.05) is 12.1 Å². The van der Waals surface area contributed by atoms with Crippen LogP contribution in [0.5, 0.6) is 0 Å². The molecule has 120 valence electrons. The zero-order chi connectivity index (χ0) is 16.1. The molecule has 2 aromatic heterocycles. The highest BCUT2D eigenvalue weighted by atomic mass is 32.1. The van der Waals surface area contributed by atoms with Gasteiger partial charge in [0.2, 0.25) is 5.91 Å². The summed E-state index contributed by atoms with van der Waals surface area (Å²) >= 11 is 1.64. The zero-order valence-corrected chi connectivity index (χ0v) is 14.1. The number of piperazine rings is 1. The summed E-state index contributed by atoms with van der Waals surface area (Å²) in [6.45, 7) is 5.55. The van der Waals surface area contributed by atoms with E-state index in [4.69, 9.17) is 0 Å². The van der Waals surface area contributed by atoms with Crippen molar-refractivity contribution in [2.24, 2.45) is 0 Å². The van der Waals surface area contributed by atoms with Crippen LogP contribution in [0.25, 0.3) is 6.08 Å². The van der Waals surface area contributed by atoms with Gasteiger partial charge in [0.15, 0.2) is 0 Å². The summed E-state index contributed by atoms with van der Waals surface area (Å²) in [4.78, 5) is 21.9. The largest absolute Gasteiger partial charge is 0.337 e. The number of nitrogens with zero attached hydrogens (tertiary/aromatic N) is 3. The van der Waals surface area contributed by atoms with Gasteiger partial charge in [-0.25, -0.2) is 0 Å². The number of hydrogen-bond donors (Lipinski definition) is 0. The molecule has 3 rings (SSSR count). The van der Waals surface area contributed by atoms with Crippen LogP contribution in [0.3, 0.4) is 0 Å². The summed E-state index contributed by atoms with van der Waals surface area (Å²) in [7, 11) is 0. The molecule has 1 amide bonds. The van der Waals surface area contributed by atoms with Gasteiger partial charge in [0.25, 0.3) is 0 Å². The summed E-state index contributed by atoms with van der Waals surface area (Å²) in [6, 6.07) is 8.43. The van der Waals surface area contributed by atoms with Crippen LogP contribution >= 0.6 is 11.3 Å². The van der Waals surface area contributed by atoms with Crippen molar-refractivity contribution in [3.63, 3.8) is 0 Å². The molecule has 0 bridgehead atoms. The molecule has 3 heterocycles. The van der Waals surface area contributed by atoms with Crippen molar-refractivity contribution in [3.05, 3.63) is 58.6 Å². The highest BCUT2D eigenvalue weighted by Crippen LogP contribution is 2.20. The van der Waals surface area contributed by atoms with Crippen molar-refractivity contribution in [3.8, 4) is 0 Å². The van der Waals surface area contributed by atoms with Gasteiger partial charge in [-0.05, 0) is 36.1 Å². The van der Waals surface area contributed by atoms with Gasteiger partial charge in [0, 0.05) is 55.6 Å². The molecule has 4 nitrogen and oxygen atoms in total. The first-order valence-corrected chi connectivity index (χ1v) is 8.76. The number of aromatic nitrogens is 1. The van der Waals surface area contributed by atoms with Crippen molar-refractivity contribution < 1.29 is 4.79 Å². The number of carbonyl (C=O) groups excluding carboxylic acids is 1. The lowest BCUT2D eigenvalue weighted by Gasteiger charge is -2.37. The fraction of sp³-hybridized carbons (Fsp3) is 0.333. The minimum atomic E-state index is 0.104. The van der Waals surface area contributed by atoms with Crippen LogP contribution in [0.1, 0.15) is 23.4 Å². The van der Waals surface area contributed by atoms with Crippen molar-refractivity contribution in [2.45, 2.75) is 13.0 Å². The van der Waals surface area contributed by atoms with Gasteiger partial charge >= 0.3 is 0 Å². The maximum absolute atomic E-state index is 12.3. The Morgan fingerprint density at radius 2 is 2.09 bits per heavy atom. The average Bonchev–Trinajstić information content (AvgIpc) is 3.13. The summed E-state index contributed by atoms with van der Waals surface area (Å²) < 4.78 is 0. The number of thiophene rings is 1. The van der Waals surface area contributed by atoms with Gasteiger partial charge in [0.05, 0.1) is 0 Å². The molecule has 1 aliphatic rings. The van der Waals surface area contributed by atoms with Gasteiger partial charge in [-0.3, -0.25) is 14.7 Å². The summed E-state index contributed by atoms with van der Waals surface area (Å²) in [5.41, 5.74) is 1.23. The second kappa shape index (κ2) is 7.53. The number of rotatable bonds is 4. The molecule has 1 aliphatic heterocycles. The van der Waals surface area contributed by atoms with E-state index in [0.29, 0.717) is 6.04 Å². The van der Waals surface area contributed by atoms with Gasteiger partial charge in [-0.15, -0.1) is 11.3 Å². The Kier molecular flexibility index (Phi) is 5.20. The van der Waals surface area contributed by atoms with Crippen LogP contribution in [0.4, 0.5) is 0 Å². The Morgan fingerprint density at radius 1 is 1.26 bits per heavy atom. The van der Waals surface area contributed by atoms with Crippen molar-refractivity contribution in [1.82, 2.24) is 14.8 Å². The molecule has 0 aromatic carbocycles. The lowest BCUT2D eigenvalue weighted by atomic mass is 10.1. The Balaban J connectivity index is 1.53. The molecule has 1 unspecified atom stereocenters. The van der Waals surface area contributed by atoms with E-state index < -0.39 is 0 Å². The third-order valence-corrected chi connectivity index (χ3v) is 5.11. The highest BCUT2D eigenvalue weighted by molar-refractivity contribution is 7.10. The monoisotopic (exact) mass is 327 g/mol. The molecular formula is C18H21N3OS. The second-order valence-corrected chi connectivity index (χ2v) is 6.65. The molecule has 5 heteroatoms. The van der Waals surface area contributed by atoms with Crippen LogP contribution in [-0.4, -0.2) is 46.9 Å². The van der Waals surface area contributed by atoms with Crippen LogP contribution in [0.2, 0.25) is 0 Å². The SMILES string of the molecule is CC(c1cccnc1)N1CCN(C(=O)C=Cc2cccs2)CC1. The van der Waals surface area contributed by atoms with Crippen molar-refractivity contribution >= 4 is 23.3 Å². The van der Waals surface area contributed by atoms with E-state index in [1.807, 2.05) is 40.8 Å². The second-order valence-electron chi connectivity index (χ2n) is 5.67. The van der Waals surface area contributed by atoms with Gasteiger partial charge in [0.1, 0.15) is 0 Å². The van der Waals surface area contributed by atoms with E-state index in [2.05, 4.69) is 22.9 Å². The molecular weight excluding hydrogens is 306 g/mol. The maximum Gasteiger partial charge on any atom is 0.246 e. The van der Waals surface area contributed by atoms with Crippen LogP contribution in [0, 0.1) is 0 Å². The average molecular weight is 327 g/mol. The maximum atomic E-state index is 12.3. The Labute approximate surface area is 141 Å². The molecule has 1 atom stereocenters. The predicted molar refractivity (Wildman–Crippen MR) is 94.2 cm³/mol. The molecule has 1 saturated heterocycles. The van der Waals surface area contributed by atoms with Crippen molar-refractivity contribution in [2.75, 3.05) is 26.2 Å². The fourth-order valence-electron chi connectivity index (χ4n) is 2.81. The van der Waals surface area contributed by atoms with Crippen LogP contribution in [-0.2, 0) is 4.79 Å². The highest BCUT2D eigenvalue weighted by Gasteiger charge is 2.23. The summed E-state index contributed by atoms with van der Waals surface area (Å²) in [5, 5.41) is 2.02. The van der Waals surface area contributed by atoms with E-state index in [-0.39, 0.29) is 5.91 Å². The van der Waals surface area contributed by atoms with Gasteiger partial charge < -0.3 is 4.90 Å².